The third-order valence-electron chi connectivity index (χ3n) is 4.55. The topological polar surface area (TPSA) is 58.6 Å². The van der Waals surface area contributed by atoms with Crippen LogP contribution in [-0.2, 0) is 16.9 Å². The minimum atomic E-state index is -3.09. The molecule has 1 fully saturated rings. The number of benzene rings is 2. The van der Waals surface area contributed by atoms with E-state index in [1.807, 2.05) is 0 Å². The number of hydrogen-bond donors (Lipinski definition) is 1. The maximum atomic E-state index is 13.9. The monoisotopic (exact) mass is 436 g/mol. The molecule has 0 bridgehead atoms. The molecular weight excluding hydrogens is 425 g/mol. The molecule has 12 heteroatoms. The molecule has 1 N–H and O–H groups in total. The Labute approximate surface area is 164 Å². The summed E-state index contributed by atoms with van der Waals surface area (Å²) in [5.74, 6) is -12.4. The molecule has 2 aromatic carbocycles. The van der Waals surface area contributed by atoms with E-state index in [-0.39, 0.29) is 16.2 Å². The van der Waals surface area contributed by atoms with Crippen LogP contribution in [0.3, 0.4) is 0 Å². The van der Waals surface area contributed by atoms with Gasteiger partial charge in [0.1, 0.15) is 11.3 Å². The molecule has 0 aromatic heterocycles. The Morgan fingerprint density at radius 3 is 1.93 bits per heavy atom. The first-order chi connectivity index (χ1) is 14.0. The number of halogens is 7. The number of urea groups is 1. The third kappa shape index (κ3) is 3.42. The summed E-state index contributed by atoms with van der Waals surface area (Å²) >= 11 is 0. The second kappa shape index (κ2) is 7.50. The van der Waals surface area contributed by atoms with E-state index in [0.29, 0.717) is 0 Å². The number of nitrogens with zero attached hydrogens (tertiary/aromatic N) is 1. The summed E-state index contributed by atoms with van der Waals surface area (Å²) in [6, 6.07) is 3.42. The number of hydrogen-bond acceptors (Lipinski definition) is 3. The number of rotatable bonds is 5. The van der Waals surface area contributed by atoms with E-state index in [0.717, 1.165) is 12.1 Å². The minimum Gasteiger partial charge on any atom is -0.435 e. The van der Waals surface area contributed by atoms with Gasteiger partial charge >= 0.3 is 12.6 Å². The molecule has 1 aliphatic heterocycles. The lowest BCUT2D eigenvalue weighted by atomic mass is 9.92. The Hall–Kier alpha value is -3.31. The summed E-state index contributed by atoms with van der Waals surface area (Å²) in [5.41, 5.74) is -3.05. The summed E-state index contributed by atoms with van der Waals surface area (Å²) < 4.78 is 96.4. The first-order valence-electron chi connectivity index (χ1n) is 8.17. The van der Waals surface area contributed by atoms with E-state index in [9.17, 15) is 40.3 Å². The average molecular weight is 436 g/mol. The van der Waals surface area contributed by atoms with Crippen LogP contribution in [0, 0.1) is 29.1 Å². The van der Waals surface area contributed by atoms with Crippen molar-refractivity contribution in [2.24, 2.45) is 0 Å². The summed E-state index contributed by atoms with van der Waals surface area (Å²) in [5, 5.41) is 2.25. The highest BCUT2D eigenvalue weighted by Gasteiger charge is 2.49. The maximum Gasteiger partial charge on any atom is 0.387 e. The zero-order valence-corrected chi connectivity index (χ0v) is 14.9. The van der Waals surface area contributed by atoms with Crippen molar-refractivity contribution in [2.75, 3.05) is 0 Å². The van der Waals surface area contributed by atoms with Crippen LogP contribution in [0.5, 0.6) is 5.75 Å². The molecule has 2 aromatic rings. The van der Waals surface area contributed by atoms with Crippen molar-refractivity contribution in [2.45, 2.75) is 25.6 Å². The lowest BCUT2D eigenvalue weighted by molar-refractivity contribution is -0.131. The van der Waals surface area contributed by atoms with Crippen molar-refractivity contribution >= 4 is 11.9 Å². The molecule has 160 valence electrons. The van der Waals surface area contributed by atoms with Gasteiger partial charge in [-0.3, -0.25) is 9.69 Å². The van der Waals surface area contributed by atoms with Gasteiger partial charge in [0.05, 0.1) is 6.54 Å². The highest BCUT2D eigenvalue weighted by molar-refractivity contribution is 6.07. The molecule has 0 aliphatic carbocycles. The molecule has 0 spiro atoms. The molecule has 3 rings (SSSR count). The molecule has 1 saturated heterocycles. The van der Waals surface area contributed by atoms with E-state index in [2.05, 4.69) is 10.1 Å². The summed E-state index contributed by atoms with van der Waals surface area (Å²) in [7, 11) is 0. The highest BCUT2D eigenvalue weighted by Crippen LogP contribution is 2.32. The van der Waals surface area contributed by atoms with Crippen molar-refractivity contribution in [3.8, 4) is 5.75 Å². The summed E-state index contributed by atoms with van der Waals surface area (Å²) in [6.45, 7) is -3.09. The van der Waals surface area contributed by atoms with E-state index >= 15 is 0 Å². The molecular formula is C18H11F7N2O3. The van der Waals surface area contributed by atoms with Crippen LogP contribution in [-0.4, -0.2) is 23.4 Å². The molecule has 5 nitrogen and oxygen atoms in total. The Kier molecular flexibility index (Phi) is 5.35. The Balaban J connectivity index is 1.92. The van der Waals surface area contributed by atoms with Crippen molar-refractivity contribution in [3.05, 3.63) is 64.5 Å². The number of imide groups is 1. The smallest absolute Gasteiger partial charge is 0.387 e. The highest BCUT2D eigenvalue weighted by atomic mass is 19.3. The zero-order chi connectivity index (χ0) is 22.4. The van der Waals surface area contributed by atoms with E-state index in [4.69, 9.17) is 0 Å². The largest absolute Gasteiger partial charge is 0.435 e. The summed E-state index contributed by atoms with van der Waals surface area (Å²) in [4.78, 5) is 25.2. The van der Waals surface area contributed by atoms with Gasteiger partial charge < -0.3 is 10.1 Å². The van der Waals surface area contributed by atoms with Crippen molar-refractivity contribution in [1.82, 2.24) is 10.2 Å². The van der Waals surface area contributed by atoms with Crippen LogP contribution in [0.1, 0.15) is 18.1 Å². The van der Waals surface area contributed by atoms with Gasteiger partial charge in [-0.25, -0.2) is 26.7 Å². The first-order valence-corrected chi connectivity index (χ1v) is 8.17. The van der Waals surface area contributed by atoms with Gasteiger partial charge in [-0.15, -0.1) is 0 Å². The lowest BCUT2D eigenvalue weighted by Crippen LogP contribution is -2.40. The van der Waals surface area contributed by atoms with Crippen LogP contribution in [0.25, 0.3) is 0 Å². The maximum absolute atomic E-state index is 13.9. The fourth-order valence-corrected chi connectivity index (χ4v) is 2.95. The molecule has 1 unspecified atom stereocenters. The van der Waals surface area contributed by atoms with E-state index in [1.165, 1.54) is 19.1 Å². The van der Waals surface area contributed by atoms with Gasteiger partial charge in [0.15, 0.2) is 23.3 Å². The van der Waals surface area contributed by atoms with Crippen LogP contribution < -0.4 is 10.1 Å². The molecule has 0 saturated carbocycles. The number of nitrogens with one attached hydrogen (secondary N) is 1. The molecule has 3 amide bonds. The molecule has 1 heterocycles. The van der Waals surface area contributed by atoms with Crippen molar-refractivity contribution in [1.29, 1.82) is 0 Å². The second-order valence-electron chi connectivity index (χ2n) is 6.40. The number of alkyl halides is 2. The van der Waals surface area contributed by atoms with Crippen molar-refractivity contribution < 1.29 is 45.1 Å². The molecule has 0 radical (unpaired) electrons. The minimum absolute atomic E-state index is 0.0994. The number of ether oxygens (including phenoxy) is 1. The molecule has 30 heavy (non-hydrogen) atoms. The zero-order valence-electron chi connectivity index (χ0n) is 14.9. The summed E-state index contributed by atoms with van der Waals surface area (Å²) in [6.07, 6.45) is 0. The van der Waals surface area contributed by atoms with Gasteiger partial charge in [0.2, 0.25) is 5.82 Å². The van der Waals surface area contributed by atoms with Crippen LogP contribution in [0.2, 0.25) is 0 Å². The number of amides is 3. The fraction of sp³-hybridized carbons (Fsp3) is 0.222. The third-order valence-corrected chi connectivity index (χ3v) is 4.55. The molecule has 1 atom stereocenters. The van der Waals surface area contributed by atoms with E-state index < -0.39 is 65.3 Å². The van der Waals surface area contributed by atoms with Gasteiger partial charge in [0, 0.05) is 5.56 Å². The fourth-order valence-electron chi connectivity index (χ4n) is 2.95. The normalized spacial score (nSPS) is 18.9. The van der Waals surface area contributed by atoms with E-state index in [1.54, 1.807) is 0 Å². The van der Waals surface area contributed by atoms with Crippen LogP contribution >= 0.6 is 0 Å². The predicted molar refractivity (Wildman–Crippen MR) is 85.7 cm³/mol. The van der Waals surface area contributed by atoms with Gasteiger partial charge in [-0.2, -0.15) is 8.78 Å². The van der Waals surface area contributed by atoms with Gasteiger partial charge in [-0.1, -0.05) is 12.1 Å². The number of carbonyl (C=O) groups excluding carboxylic acids is 2. The molecule has 1 aliphatic rings. The van der Waals surface area contributed by atoms with Crippen LogP contribution in [0.15, 0.2) is 24.3 Å². The Bertz CT molecular complexity index is 1000. The predicted octanol–water partition coefficient (Wildman–Crippen LogP) is 3.95. The quantitative estimate of drug-likeness (QED) is 0.334. The van der Waals surface area contributed by atoms with Gasteiger partial charge in [-0.05, 0) is 24.6 Å². The Morgan fingerprint density at radius 1 is 0.933 bits per heavy atom. The number of carbonyl (C=O) groups is 2. The van der Waals surface area contributed by atoms with Crippen molar-refractivity contribution in [3.63, 3.8) is 0 Å². The Morgan fingerprint density at radius 2 is 1.43 bits per heavy atom. The average Bonchev–Trinajstić information content (AvgIpc) is 2.91. The first kappa shape index (κ1) is 21.4. The SMILES string of the molecule is CC1(c2ccc(OC(F)F)cc2)NC(=O)N(Cc2c(F)c(F)c(F)c(F)c2F)C1=O. The standard InChI is InChI=1S/C18H11F7N2O3/c1-18(7-2-4-8(5-3-7)30-16(24)25)15(28)27(17(29)26-18)6-9-10(19)12(21)14(23)13(22)11(9)20/h2-5,16H,6H2,1H3,(H,26,29). The lowest BCUT2D eigenvalue weighted by Gasteiger charge is -2.22. The van der Waals surface area contributed by atoms with Crippen LogP contribution in [0.4, 0.5) is 35.5 Å². The second-order valence-corrected chi connectivity index (χ2v) is 6.40. The van der Waals surface area contributed by atoms with Gasteiger partial charge in [0.25, 0.3) is 5.91 Å².